The molecule has 16 heavy (non-hydrogen) atoms. The number of fused-ring (bicyclic) bond motifs is 1. The van der Waals surface area contributed by atoms with E-state index in [9.17, 15) is 4.39 Å². The van der Waals surface area contributed by atoms with E-state index in [-0.39, 0.29) is 0 Å². The van der Waals surface area contributed by atoms with Crippen molar-refractivity contribution in [3.8, 4) is 0 Å². The fraction of sp³-hybridized carbons (Fsp3) is 0.364. The van der Waals surface area contributed by atoms with Crippen molar-refractivity contribution < 1.29 is 4.39 Å². The Bertz CT molecular complexity index is 521. The van der Waals surface area contributed by atoms with E-state index >= 15 is 0 Å². The SMILES string of the molecule is Nc1cc2cn(CC3(F)CC3)nc2cc1Cl. The molecule has 1 aliphatic carbocycles. The number of halogens is 2. The molecule has 5 heteroatoms. The van der Waals surface area contributed by atoms with Crippen molar-refractivity contribution in [3.63, 3.8) is 0 Å². The highest BCUT2D eigenvalue weighted by atomic mass is 35.5. The zero-order valence-electron chi connectivity index (χ0n) is 8.58. The zero-order valence-corrected chi connectivity index (χ0v) is 9.34. The summed E-state index contributed by atoms with van der Waals surface area (Å²) >= 11 is 5.89. The summed E-state index contributed by atoms with van der Waals surface area (Å²) in [7, 11) is 0. The number of alkyl halides is 1. The van der Waals surface area contributed by atoms with Gasteiger partial charge in [0.05, 0.1) is 22.8 Å². The molecule has 1 aromatic carbocycles. The zero-order chi connectivity index (χ0) is 11.3. The van der Waals surface area contributed by atoms with Gasteiger partial charge in [0.25, 0.3) is 0 Å². The van der Waals surface area contributed by atoms with Crippen LogP contribution in [0, 0.1) is 0 Å². The van der Waals surface area contributed by atoms with Crippen LogP contribution in [0.15, 0.2) is 18.3 Å². The maximum atomic E-state index is 13.6. The van der Waals surface area contributed by atoms with Gasteiger partial charge in [0.15, 0.2) is 0 Å². The Morgan fingerprint density at radius 2 is 2.25 bits per heavy atom. The van der Waals surface area contributed by atoms with E-state index in [4.69, 9.17) is 17.3 Å². The lowest BCUT2D eigenvalue weighted by Crippen LogP contribution is -2.12. The lowest BCUT2D eigenvalue weighted by molar-refractivity contribution is 0.262. The lowest BCUT2D eigenvalue weighted by atomic mass is 10.2. The number of nitrogen functional groups attached to an aromatic ring is 1. The van der Waals surface area contributed by atoms with Gasteiger partial charge in [-0.05, 0) is 25.0 Å². The molecule has 0 saturated heterocycles. The van der Waals surface area contributed by atoms with Crippen LogP contribution in [0.1, 0.15) is 12.8 Å². The van der Waals surface area contributed by atoms with Crippen molar-refractivity contribution in [2.45, 2.75) is 25.1 Å². The van der Waals surface area contributed by atoms with E-state index in [1.807, 2.05) is 6.20 Å². The van der Waals surface area contributed by atoms with Gasteiger partial charge in [-0.25, -0.2) is 4.39 Å². The normalized spacial score (nSPS) is 17.9. The van der Waals surface area contributed by atoms with E-state index in [0.29, 0.717) is 30.1 Å². The largest absolute Gasteiger partial charge is 0.398 e. The van der Waals surface area contributed by atoms with Crippen molar-refractivity contribution in [3.05, 3.63) is 23.4 Å². The summed E-state index contributed by atoms with van der Waals surface area (Å²) < 4.78 is 15.2. The Kier molecular flexibility index (Phi) is 1.92. The highest BCUT2D eigenvalue weighted by Crippen LogP contribution is 2.41. The molecule has 0 unspecified atom stereocenters. The molecule has 1 saturated carbocycles. The summed E-state index contributed by atoms with van der Waals surface area (Å²) in [5.74, 6) is 0. The van der Waals surface area contributed by atoms with Gasteiger partial charge in [-0.1, -0.05) is 11.6 Å². The molecule has 3 nitrogen and oxygen atoms in total. The molecular formula is C11H11ClFN3. The highest BCUT2D eigenvalue weighted by Gasteiger charge is 2.43. The number of hydrogen-bond acceptors (Lipinski definition) is 2. The first kappa shape index (κ1) is 9.90. The second kappa shape index (κ2) is 3.10. The quantitative estimate of drug-likeness (QED) is 0.819. The fourth-order valence-corrected chi connectivity index (χ4v) is 1.94. The van der Waals surface area contributed by atoms with Crippen LogP contribution < -0.4 is 5.73 Å². The molecule has 2 aromatic rings. The number of hydrogen-bond donors (Lipinski definition) is 1. The average Bonchev–Trinajstić information content (AvgIpc) is 2.79. The van der Waals surface area contributed by atoms with Gasteiger partial charge in [0, 0.05) is 11.6 Å². The second-order valence-corrected chi connectivity index (χ2v) is 4.82. The molecule has 2 N–H and O–H groups in total. The number of anilines is 1. The summed E-state index contributed by atoms with van der Waals surface area (Å²) in [4.78, 5) is 0. The Labute approximate surface area is 97.0 Å². The third-order valence-electron chi connectivity index (χ3n) is 2.91. The summed E-state index contributed by atoms with van der Waals surface area (Å²) in [5, 5.41) is 5.66. The molecule has 3 rings (SSSR count). The van der Waals surface area contributed by atoms with Gasteiger partial charge in [-0.2, -0.15) is 5.10 Å². The number of aromatic nitrogens is 2. The molecule has 0 atom stereocenters. The summed E-state index contributed by atoms with van der Waals surface area (Å²) in [6.07, 6.45) is 3.07. The number of nitrogens with zero attached hydrogens (tertiary/aromatic N) is 2. The Morgan fingerprint density at radius 3 is 2.94 bits per heavy atom. The van der Waals surface area contributed by atoms with E-state index in [2.05, 4.69) is 5.10 Å². The third kappa shape index (κ3) is 1.63. The minimum Gasteiger partial charge on any atom is -0.398 e. The summed E-state index contributed by atoms with van der Waals surface area (Å²) in [6, 6.07) is 3.47. The van der Waals surface area contributed by atoms with Crippen LogP contribution >= 0.6 is 11.6 Å². The van der Waals surface area contributed by atoms with Gasteiger partial charge in [0.2, 0.25) is 0 Å². The first-order chi connectivity index (χ1) is 7.56. The molecular weight excluding hydrogens is 229 g/mol. The van der Waals surface area contributed by atoms with E-state index in [1.54, 1.807) is 16.8 Å². The molecule has 0 spiro atoms. The molecule has 0 bridgehead atoms. The molecule has 1 fully saturated rings. The molecule has 1 aromatic heterocycles. The minimum atomic E-state index is -1.04. The van der Waals surface area contributed by atoms with Crippen molar-refractivity contribution >= 4 is 28.2 Å². The first-order valence-corrected chi connectivity index (χ1v) is 5.55. The minimum absolute atomic E-state index is 0.319. The van der Waals surface area contributed by atoms with Gasteiger partial charge in [0.1, 0.15) is 5.67 Å². The van der Waals surface area contributed by atoms with Crippen LogP contribution in [0.5, 0.6) is 0 Å². The second-order valence-electron chi connectivity index (χ2n) is 4.41. The molecule has 0 aliphatic heterocycles. The van der Waals surface area contributed by atoms with Crippen LogP contribution in [0.2, 0.25) is 5.02 Å². The van der Waals surface area contributed by atoms with E-state index in [0.717, 1.165) is 10.9 Å². The third-order valence-corrected chi connectivity index (χ3v) is 3.24. The Hall–Kier alpha value is -1.29. The smallest absolute Gasteiger partial charge is 0.130 e. The highest BCUT2D eigenvalue weighted by molar-refractivity contribution is 6.33. The van der Waals surface area contributed by atoms with Crippen molar-refractivity contribution in [1.29, 1.82) is 0 Å². The van der Waals surface area contributed by atoms with Crippen LogP contribution in [0.4, 0.5) is 10.1 Å². The molecule has 84 valence electrons. The Morgan fingerprint density at radius 1 is 1.50 bits per heavy atom. The summed E-state index contributed by atoms with van der Waals surface area (Å²) in [6.45, 7) is 0.319. The number of benzene rings is 1. The van der Waals surface area contributed by atoms with Crippen molar-refractivity contribution in [2.75, 3.05) is 5.73 Å². The fourth-order valence-electron chi connectivity index (χ4n) is 1.78. The van der Waals surface area contributed by atoms with Crippen LogP contribution in [-0.2, 0) is 6.54 Å². The molecule has 1 heterocycles. The van der Waals surface area contributed by atoms with E-state index in [1.165, 1.54) is 0 Å². The van der Waals surface area contributed by atoms with E-state index < -0.39 is 5.67 Å². The summed E-state index contributed by atoms with van der Waals surface area (Å²) in [5.41, 5.74) is 5.92. The number of nitrogens with two attached hydrogens (primary N) is 1. The van der Waals surface area contributed by atoms with Gasteiger partial charge < -0.3 is 5.73 Å². The molecule has 0 radical (unpaired) electrons. The number of rotatable bonds is 2. The Balaban J connectivity index is 2.02. The molecule has 1 aliphatic rings. The lowest BCUT2D eigenvalue weighted by Gasteiger charge is -2.03. The van der Waals surface area contributed by atoms with Crippen molar-refractivity contribution in [1.82, 2.24) is 9.78 Å². The maximum Gasteiger partial charge on any atom is 0.130 e. The van der Waals surface area contributed by atoms with Crippen LogP contribution in [-0.4, -0.2) is 15.4 Å². The first-order valence-electron chi connectivity index (χ1n) is 5.17. The van der Waals surface area contributed by atoms with Crippen molar-refractivity contribution in [2.24, 2.45) is 0 Å². The average molecular weight is 240 g/mol. The van der Waals surface area contributed by atoms with Crippen LogP contribution in [0.25, 0.3) is 10.9 Å². The molecule has 0 amide bonds. The maximum absolute atomic E-state index is 13.6. The van der Waals surface area contributed by atoms with Crippen LogP contribution in [0.3, 0.4) is 0 Å². The van der Waals surface area contributed by atoms with Gasteiger partial charge in [-0.15, -0.1) is 0 Å². The topological polar surface area (TPSA) is 43.8 Å². The predicted octanol–water partition coefficient (Wildman–Crippen LogP) is 2.77. The van der Waals surface area contributed by atoms with Gasteiger partial charge >= 0.3 is 0 Å². The van der Waals surface area contributed by atoms with Gasteiger partial charge in [-0.3, -0.25) is 4.68 Å². The predicted molar refractivity (Wildman–Crippen MR) is 62.2 cm³/mol. The standard InChI is InChI=1S/C11H11ClFN3/c12-8-4-10-7(3-9(8)14)5-16(15-10)6-11(13)1-2-11/h3-5H,1-2,6,14H2. The monoisotopic (exact) mass is 239 g/mol.